The zero-order valence-corrected chi connectivity index (χ0v) is 17.5. The molecule has 1 saturated heterocycles. The molecule has 1 heterocycles. The predicted molar refractivity (Wildman–Crippen MR) is 116 cm³/mol. The number of carbonyl (C=O) groups excluding carboxylic acids is 4. The molecule has 1 aliphatic rings. The van der Waals surface area contributed by atoms with Gasteiger partial charge in [-0.1, -0.05) is 30.3 Å². The van der Waals surface area contributed by atoms with E-state index in [1.807, 2.05) is 6.07 Å². The molecule has 1 aliphatic heterocycles. The maximum atomic E-state index is 12.6. The number of esters is 1. The van der Waals surface area contributed by atoms with E-state index in [1.165, 1.54) is 0 Å². The normalized spacial score (nSPS) is 14.6. The highest BCUT2D eigenvalue weighted by Crippen LogP contribution is 2.32. The Labute approximate surface area is 183 Å². The van der Waals surface area contributed by atoms with Crippen molar-refractivity contribution >= 4 is 46.5 Å². The van der Waals surface area contributed by atoms with Crippen LogP contribution in [0.3, 0.4) is 0 Å². The van der Waals surface area contributed by atoms with Crippen molar-refractivity contribution < 1.29 is 28.7 Å². The minimum Gasteiger partial charge on any atom is -0.482 e. The highest BCUT2D eigenvalue weighted by molar-refractivity contribution is 8.18. The Hall–Kier alpha value is -3.59. The maximum absolute atomic E-state index is 12.6. The summed E-state index contributed by atoms with van der Waals surface area (Å²) in [6, 6.07) is 15.4. The number of thioether (sulfide) groups is 1. The number of hydrogen-bond acceptors (Lipinski definition) is 7. The minimum absolute atomic E-state index is 0.197. The Kier molecular flexibility index (Phi) is 7.45. The van der Waals surface area contributed by atoms with Gasteiger partial charge in [0, 0.05) is 5.69 Å². The molecule has 0 bridgehead atoms. The Morgan fingerprint density at radius 1 is 1.06 bits per heavy atom. The van der Waals surface area contributed by atoms with Gasteiger partial charge in [-0.3, -0.25) is 19.3 Å². The number of rotatable bonds is 8. The molecule has 0 spiro atoms. The third-order valence-electron chi connectivity index (χ3n) is 4.07. The van der Waals surface area contributed by atoms with Crippen LogP contribution in [0.15, 0.2) is 59.5 Å². The summed E-state index contributed by atoms with van der Waals surface area (Å²) in [4.78, 5) is 49.4. The zero-order valence-electron chi connectivity index (χ0n) is 16.7. The molecule has 1 N–H and O–H groups in total. The lowest BCUT2D eigenvalue weighted by Gasteiger charge is -2.12. The van der Waals surface area contributed by atoms with Crippen LogP contribution in [0.1, 0.15) is 12.5 Å². The summed E-state index contributed by atoms with van der Waals surface area (Å²) in [5, 5.41) is 2.14. The quantitative estimate of drug-likeness (QED) is 0.496. The van der Waals surface area contributed by atoms with Gasteiger partial charge in [0.1, 0.15) is 12.3 Å². The second-order valence-electron chi connectivity index (χ2n) is 6.34. The summed E-state index contributed by atoms with van der Waals surface area (Å²) >= 11 is 0.775. The first kappa shape index (κ1) is 22.1. The average Bonchev–Trinajstić information content (AvgIpc) is 3.01. The third-order valence-corrected chi connectivity index (χ3v) is 4.98. The van der Waals surface area contributed by atoms with Crippen LogP contribution >= 0.6 is 11.8 Å². The van der Waals surface area contributed by atoms with Gasteiger partial charge in [-0.2, -0.15) is 0 Å². The van der Waals surface area contributed by atoms with E-state index in [-0.39, 0.29) is 24.7 Å². The van der Waals surface area contributed by atoms with Crippen LogP contribution < -0.4 is 10.1 Å². The smallest absolute Gasteiger partial charge is 0.344 e. The topological polar surface area (TPSA) is 102 Å². The number of amides is 3. The Morgan fingerprint density at radius 2 is 1.77 bits per heavy atom. The Balaban J connectivity index is 1.59. The second kappa shape index (κ2) is 10.4. The van der Waals surface area contributed by atoms with Gasteiger partial charge in [0.15, 0.2) is 6.61 Å². The Bertz CT molecular complexity index is 1000. The highest BCUT2D eigenvalue weighted by atomic mass is 32.2. The number of anilines is 1. The van der Waals surface area contributed by atoms with E-state index in [0.29, 0.717) is 17.0 Å². The number of nitrogens with zero attached hydrogens (tertiary/aromatic N) is 1. The summed E-state index contributed by atoms with van der Waals surface area (Å²) in [7, 11) is 0. The van der Waals surface area contributed by atoms with Gasteiger partial charge >= 0.3 is 5.97 Å². The molecule has 0 aromatic heterocycles. The summed E-state index contributed by atoms with van der Waals surface area (Å²) in [5.74, 6) is -0.980. The monoisotopic (exact) mass is 440 g/mol. The largest absolute Gasteiger partial charge is 0.482 e. The fourth-order valence-corrected chi connectivity index (χ4v) is 3.50. The summed E-state index contributed by atoms with van der Waals surface area (Å²) < 4.78 is 10.1. The third kappa shape index (κ3) is 6.19. The van der Waals surface area contributed by atoms with Crippen LogP contribution in [0.5, 0.6) is 5.75 Å². The number of para-hydroxylation sites is 1. The van der Waals surface area contributed by atoms with E-state index < -0.39 is 23.0 Å². The van der Waals surface area contributed by atoms with Crippen LogP contribution in [0.2, 0.25) is 0 Å². The van der Waals surface area contributed by atoms with Gasteiger partial charge in [-0.05, 0) is 54.6 Å². The van der Waals surface area contributed by atoms with Gasteiger partial charge in [0.05, 0.1) is 11.5 Å². The summed E-state index contributed by atoms with van der Waals surface area (Å²) in [6.07, 6.45) is 1.56. The summed E-state index contributed by atoms with van der Waals surface area (Å²) in [5.41, 5.74) is 1.25. The lowest BCUT2D eigenvalue weighted by molar-refractivity contribution is -0.145. The summed E-state index contributed by atoms with van der Waals surface area (Å²) in [6.45, 7) is 1.43. The number of carbonyl (C=O) groups is 4. The van der Waals surface area contributed by atoms with Gasteiger partial charge in [-0.25, -0.2) is 4.79 Å². The van der Waals surface area contributed by atoms with E-state index in [9.17, 15) is 19.2 Å². The molecule has 0 saturated carbocycles. The van der Waals surface area contributed by atoms with Crippen molar-refractivity contribution in [1.82, 2.24) is 4.90 Å². The van der Waals surface area contributed by atoms with E-state index in [1.54, 1.807) is 61.5 Å². The molecule has 0 unspecified atom stereocenters. The fraction of sp³-hybridized carbons (Fsp3) is 0.182. The van der Waals surface area contributed by atoms with Crippen LogP contribution in [-0.2, 0) is 19.1 Å². The molecule has 3 amide bonds. The SMILES string of the molecule is CCOC(=O)COc1ccc(/C=C2\SC(=O)N(CC(=O)Nc3ccccc3)C2=O)cc1. The molecule has 0 atom stereocenters. The van der Waals surface area contributed by atoms with Crippen LogP contribution in [0.25, 0.3) is 6.08 Å². The second-order valence-corrected chi connectivity index (χ2v) is 7.34. The van der Waals surface area contributed by atoms with E-state index in [4.69, 9.17) is 9.47 Å². The van der Waals surface area contributed by atoms with Gasteiger partial charge in [-0.15, -0.1) is 0 Å². The molecular weight excluding hydrogens is 420 g/mol. The molecule has 1 fully saturated rings. The standard InChI is InChI=1S/C22H20N2O6S/c1-2-29-20(26)14-30-17-10-8-15(9-11-17)12-18-21(27)24(22(28)31-18)13-19(25)23-16-6-4-3-5-7-16/h3-12H,2,13-14H2,1H3,(H,23,25)/b18-12-. The number of hydrogen-bond donors (Lipinski definition) is 1. The molecule has 160 valence electrons. The molecule has 8 nitrogen and oxygen atoms in total. The van der Waals surface area contributed by atoms with Crippen LogP contribution in [-0.4, -0.2) is 47.7 Å². The molecule has 9 heteroatoms. The van der Waals surface area contributed by atoms with E-state index in [0.717, 1.165) is 16.7 Å². The lowest BCUT2D eigenvalue weighted by Crippen LogP contribution is -2.36. The van der Waals surface area contributed by atoms with Gasteiger partial charge < -0.3 is 14.8 Å². The van der Waals surface area contributed by atoms with E-state index in [2.05, 4.69) is 5.32 Å². The van der Waals surface area contributed by atoms with Crippen molar-refractivity contribution in [3.8, 4) is 5.75 Å². The average molecular weight is 440 g/mol. The van der Waals surface area contributed by atoms with Gasteiger partial charge in [0.25, 0.3) is 11.1 Å². The van der Waals surface area contributed by atoms with Crippen molar-refractivity contribution in [3.05, 3.63) is 65.1 Å². The Morgan fingerprint density at radius 3 is 2.45 bits per heavy atom. The lowest BCUT2D eigenvalue weighted by atomic mass is 10.2. The zero-order chi connectivity index (χ0) is 22.2. The van der Waals surface area contributed by atoms with Gasteiger partial charge in [0.2, 0.25) is 5.91 Å². The van der Waals surface area contributed by atoms with Crippen molar-refractivity contribution in [3.63, 3.8) is 0 Å². The molecule has 0 radical (unpaired) electrons. The van der Waals surface area contributed by atoms with Crippen molar-refractivity contribution in [1.29, 1.82) is 0 Å². The molecule has 0 aliphatic carbocycles. The first-order valence-corrected chi connectivity index (χ1v) is 10.3. The fourth-order valence-electron chi connectivity index (χ4n) is 2.66. The maximum Gasteiger partial charge on any atom is 0.344 e. The van der Waals surface area contributed by atoms with Crippen LogP contribution in [0, 0.1) is 0 Å². The molecular formula is C22H20N2O6S. The molecule has 2 aromatic carbocycles. The number of nitrogens with one attached hydrogen (secondary N) is 1. The number of ether oxygens (including phenoxy) is 2. The predicted octanol–water partition coefficient (Wildman–Crippen LogP) is 3.30. The van der Waals surface area contributed by atoms with Crippen molar-refractivity contribution in [2.45, 2.75) is 6.92 Å². The molecule has 31 heavy (non-hydrogen) atoms. The first-order chi connectivity index (χ1) is 15.0. The minimum atomic E-state index is -0.527. The molecule has 3 rings (SSSR count). The first-order valence-electron chi connectivity index (χ1n) is 9.45. The highest BCUT2D eigenvalue weighted by Gasteiger charge is 2.36. The van der Waals surface area contributed by atoms with E-state index >= 15 is 0 Å². The molecule has 2 aromatic rings. The number of imide groups is 1. The van der Waals surface area contributed by atoms with Crippen molar-refractivity contribution in [2.75, 3.05) is 25.1 Å². The van der Waals surface area contributed by atoms with Crippen molar-refractivity contribution in [2.24, 2.45) is 0 Å². The van der Waals surface area contributed by atoms with Crippen LogP contribution in [0.4, 0.5) is 10.5 Å². The number of benzene rings is 2.